The first-order valence-corrected chi connectivity index (χ1v) is 8.08. The monoisotopic (exact) mass is 287 g/mol. The molecule has 1 saturated heterocycles. The highest BCUT2D eigenvalue weighted by molar-refractivity contribution is 5.82. The van der Waals surface area contributed by atoms with Crippen LogP contribution in [0.1, 0.15) is 37.3 Å². The summed E-state index contributed by atoms with van der Waals surface area (Å²) >= 11 is 0. The zero-order valence-electron chi connectivity index (χ0n) is 12.8. The van der Waals surface area contributed by atoms with Crippen molar-refractivity contribution in [2.24, 2.45) is 0 Å². The predicted molar refractivity (Wildman–Crippen MR) is 85.5 cm³/mol. The number of nitrogens with zero attached hydrogens (tertiary/aromatic N) is 2. The maximum atomic E-state index is 12.5. The number of likely N-dealkylation sites (tertiary alicyclic amines) is 1. The molecule has 114 valence electrons. The van der Waals surface area contributed by atoms with E-state index in [1.807, 2.05) is 11.9 Å². The third kappa shape index (κ3) is 3.05. The Morgan fingerprint density at radius 3 is 2.71 bits per heavy atom. The van der Waals surface area contributed by atoms with E-state index in [-0.39, 0.29) is 5.91 Å². The van der Waals surface area contributed by atoms with Gasteiger partial charge in [-0.05, 0) is 44.4 Å². The second-order valence-corrected chi connectivity index (χ2v) is 6.05. The summed E-state index contributed by atoms with van der Waals surface area (Å²) in [6.07, 6.45) is 4.63. The third-order valence-electron chi connectivity index (χ3n) is 4.72. The molecule has 0 bridgehead atoms. The van der Waals surface area contributed by atoms with Crippen LogP contribution in [-0.4, -0.2) is 44.0 Å². The lowest BCUT2D eigenvalue weighted by atomic mass is 9.96. The van der Waals surface area contributed by atoms with Crippen LogP contribution in [0.3, 0.4) is 0 Å². The molecule has 1 atom stereocenters. The van der Waals surface area contributed by atoms with Crippen molar-refractivity contribution in [2.45, 2.75) is 31.7 Å². The van der Waals surface area contributed by atoms with Crippen molar-refractivity contribution in [3.8, 4) is 0 Å². The van der Waals surface area contributed by atoms with E-state index >= 15 is 0 Å². The van der Waals surface area contributed by atoms with Gasteiger partial charge in [0.25, 0.3) is 0 Å². The Morgan fingerprint density at radius 2 is 1.95 bits per heavy atom. The molecule has 3 rings (SSSR count). The number of carbonyl (C=O) groups excluding carboxylic acids is 1. The van der Waals surface area contributed by atoms with E-state index in [1.165, 1.54) is 17.7 Å². The van der Waals surface area contributed by atoms with E-state index in [0.29, 0.717) is 12.6 Å². The molecule has 2 heterocycles. The molecule has 0 spiro atoms. The highest BCUT2D eigenvalue weighted by atomic mass is 16.2. The van der Waals surface area contributed by atoms with Crippen LogP contribution in [0, 0.1) is 0 Å². The number of hydrogen-bond donors (Lipinski definition) is 1. The molecule has 0 aromatic heterocycles. The fourth-order valence-electron chi connectivity index (χ4n) is 3.50. The van der Waals surface area contributed by atoms with E-state index < -0.39 is 0 Å². The molecule has 1 amide bonds. The standard InChI is InChI=1S/C17H25N3O/c1-18-15-9-12-20(16-8-4-3-7-14(15)16)13-17(21)19-10-5-2-6-11-19/h3-4,7-8,15,18H,2,5-6,9-13H2,1H3. The van der Waals surface area contributed by atoms with Crippen molar-refractivity contribution >= 4 is 11.6 Å². The summed E-state index contributed by atoms with van der Waals surface area (Å²) in [6, 6.07) is 8.87. The fraction of sp³-hybridized carbons (Fsp3) is 0.588. The number of nitrogens with one attached hydrogen (secondary N) is 1. The SMILES string of the molecule is CNC1CCN(CC(=O)N2CCCCC2)c2ccccc21. The van der Waals surface area contributed by atoms with Crippen molar-refractivity contribution in [2.75, 3.05) is 38.1 Å². The van der Waals surface area contributed by atoms with Crippen LogP contribution >= 0.6 is 0 Å². The minimum atomic E-state index is 0.285. The molecule has 4 nitrogen and oxygen atoms in total. The first-order chi connectivity index (χ1) is 10.3. The van der Waals surface area contributed by atoms with Gasteiger partial charge in [0.15, 0.2) is 0 Å². The largest absolute Gasteiger partial charge is 0.362 e. The number of anilines is 1. The van der Waals surface area contributed by atoms with Gasteiger partial charge < -0.3 is 15.1 Å². The summed E-state index contributed by atoms with van der Waals surface area (Å²) in [6.45, 7) is 3.34. The molecule has 1 fully saturated rings. The third-order valence-corrected chi connectivity index (χ3v) is 4.72. The Labute approximate surface area is 127 Å². The normalized spacial score (nSPS) is 22.0. The molecule has 0 radical (unpaired) electrons. The van der Waals surface area contributed by atoms with Crippen molar-refractivity contribution < 1.29 is 4.79 Å². The number of carbonyl (C=O) groups is 1. The number of fused-ring (bicyclic) bond motifs is 1. The van der Waals surface area contributed by atoms with Crippen molar-refractivity contribution in [1.29, 1.82) is 0 Å². The van der Waals surface area contributed by atoms with Crippen LogP contribution in [0.2, 0.25) is 0 Å². The number of para-hydroxylation sites is 1. The molecule has 0 saturated carbocycles. The van der Waals surface area contributed by atoms with Gasteiger partial charge in [0, 0.05) is 31.4 Å². The Morgan fingerprint density at radius 1 is 1.19 bits per heavy atom. The minimum Gasteiger partial charge on any atom is -0.362 e. The number of hydrogen-bond acceptors (Lipinski definition) is 3. The van der Waals surface area contributed by atoms with Crippen molar-refractivity contribution in [3.63, 3.8) is 0 Å². The molecule has 21 heavy (non-hydrogen) atoms. The van der Waals surface area contributed by atoms with Gasteiger partial charge in [0.1, 0.15) is 0 Å². The second-order valence-electron chi connectivity index (χ2n) is 6.05. The van der Waals surface area contributed by atoms with E-state index in [2.05, 4.69) is 34.5 Å². The number of rotatable bonds is 3. The molecule has 1 aromatic rings. The summed E-state index contributed by atoms with van der Waals surface area (Å²) in [7, 11) is 2.01. The zero-order valence-corrected chi connectivity index (χ0v) is 12.8. The molecule has 4 heteroatoms. The molecule has 2 aliphatic heterocycles. The van der Waals surface area contributed by atoms with Gasteiger partial charge in [0.2, 0.25) is 5.91 Å². The molecular weight excluding hydrogens is 262 g/mol. The number of amides is 1. The first-order valence-electron chi connectivity index (χ1n) is 8.08. The second kappa shape index (κ2) is 6.48. The fourth-order valence-corrected chi connectivity index (χ4v) is 3.50. The molecule has 0 aliphatic carbocycles. The highest BCUT2D eigenvalue weighted by Gasteiger charge is 2.26. The van der Waals surface area contributed by atoms with Gasteiger partial charge in [-0.3, -0.25) is 4.79 Å². The van der Waals surface area contributed by atoms with Gasteiger partial charge in [-0.15, -0.1) is 0 Å². The zero-order chi connectivity index (χ0) is 14.7. The number of piperidine rings is 1. The summed E-state index contributed by atoms with van der Waals surface area (Å²) in [4.78, 5) is 16.8. The summed E-state index contributed by atoms with van der Waals surface area (Å²) in [5.41, 5.74) is 2.53. The van der Waals surface area contributed by atoms with E-state index in [9.17, 15) is 4.79 Å². The molecule has 1 N–H and O–H groups in total. The van der Waals surface area contributed by atoms with Gasteiger partial charge in [-0.1, -0.05) is 18.2 Å². The molecule has 2 aliphatic rings. The maximum absolute atomic E-state index is 12.5. The van der Waals surface area contributed by atoms with Gasteiger partial charge in [0.05, 0.1) is 6.54 Å². The van der Waals surface area contributed by atoms with Crippen LogP contribution in [0.25, 0.3) is 0 Å². The van der Waals surface area contributed by atoms with E-state index in [4.69, 9.17) is 0 Å². The Hall–Kier alpha value is -1.55. The quantitative estimate of drug-likeness (QED) is 0.925. The molecule has 1 unspecified atom stereocenters. The predicted octanol–water partition coefficient (Wildman–Crippen LogP) is 2.17. The molecule has 1 aromatic carbocycles. The van der Waals surface area contributed by atoms with Gasteiger partial charge >= 0.3 is 0 Å². The Kier molecular flexibility index (Phi) is 4.44. The summed E-state index contributed by atoms with van der Waals surface area (Å²) < 4.78 is 0. The average molecular weight is 287 g/mol. The first kappa shape index (κ1) is 14.4. The number of benzene rings is 1. The van der Waals surface area contributed by atoms with Crippen LogP contribution in [-0.2, 0) is 4.79 Å². The molecular formula is C17H25N3O. The summed E-state index contributed by atoms with van der Waals surface area (Å²) in [5.74, 6) is 0.285. The maximum Gasteiger partial charge on any atom is 0.242 e. The van der Waals surface area contributed by atoms with Gasteiger partial charge in [-0.25, -0.2) is 0 Å². The smallest absolute Gasteiger partial charge is 0.242 e. The van der Waals surface area contributed by atoms with E-state index in [0.717, 1.165) is 38.9 Å². The Bertz CT molecular complexity index is 497. The minimum absolute atomic E-state index is 0.285. The Balaban J connectivity index is 1.72. The average Bonchev–Trinajstić information content (AvgIpc) is 2.56. The van der Waals surface area contributed by atoms with Crippen LogP contribution in [0.15, 0.2) is 24.3 Å². The van der Waals surface area contributed by atoms with Crippen molar-refractivity contribution in [1.82, 2.24) is 10.2 Å². The van der Waals surface area contributed by atoms with Gasteiger partial charge in [-0.2, -0.15) is 0 Å². The van der Waals surface area contributed by atoms with E-state index in [1.54, 1.807) is 0 Å². The topological polar surface area (TPSA) is 35.6 Å². The van der Waals surface area contributed by atoms with Crippen LogP contribution in [0.4, 0.5) is 5.69 Å². The van der Waals surface area contributed by atoms with Crippen molar-refractivity contribution in [3.05, 3.63) is 29.8 Å². The highest BCUT2D eigenvalue weighted by Crippen LogP contribution is 2.33. The van der Waals surface area contributed by atoms with Crippen LogP contribution < -0.4 is 10.2 Å². The van der Waals surface area contributed by atoms with Crippen LogP contribution in [0.5, 0.6) is 0 Å². The lowest BCUT2D eigenvalue weighted by molar-refractivity contribution is -0.130. The summed E-state index contributed by atoms with van der Waals surface area (Å²) in [5, 5.41) is 3.38. The lowest BCUT2D eigenvalue weighted by Crippen LogP contribution is -2.45. The lowest BCUT2D eigenvalue weighted by Gasteiger charge is -2.37.